The van der Waals surface area contributed by atoms with E-state index in [1.807, 2.05) is 36.9 Å². The maximum atomic E-state index is 13.6. The molecule has 0 bridgehead atoms. The van der Waals surface area contributed by atoms with Gasteiger partial charge < -0.3 is 4.90 Å². The van der Waals surface area contributed by atoms with Gasteiger partial charge in [0.2, 0.25) is 0 Å². The average Bonchev–Trinajstić information content (AvgIpc) is 3.22. The molecule has 45 heavy (non-hydrogen) atoms. The lowest BCUT2D eigenvalue weighted by Crippen LogP contribution is -2.56. The summed E-state index contributed by atoms with van der Waals surface area (Å²) in [7, 11) is 0. The lowest BCUT2D eigenvalue weighted by atomic mass is 9.97. The van der Waals surface area contributed by atoms with Crippen LogP contribution in [0.25, 0.3) is 0 Å². The van der Waals surface area contributed by atoms with Gasteiger partial charge in [0.05, 0.1) is 22.3 Å². The van der Waals surface area contributed by atoms with Crippen molar-refractivity contribution in [2.24, 2.45) is 0 Å². The van der Waals surface area contributed by atoms with Crippen molar-refractivity contribution in [2.75, 3.05) is 32.7 Å². The van der Waals surface area contributed by atoms with E-state index in [9.17, 15) is 40.7 Å². The van der Waals surface area contributed by atoms with E-state index in [-0.39, 0.29) is 31.0 Å². The lowest BCUT2D eigenvalue weighted by Gasteiger charge is -2.42. The molecule has 0 unspecified atom stereocenters. The van der Waals surface area contributed by atoms with Crippen LogP contribution >= 0.6 is 0 Å². The van der Waals surface area contributed by atoms with Gasteiger partial charge in [-0.25, -0.2) is 0 Å². The topological polar surface area (TPSA) is 60.9 Å². The zero-order chi connectivity index (χ0) is 32.7. The molecule has 1 saturated heterocycles. The number of hydrogen-bond acceptors (Lipinski definition) is 4. The number of nitrogens with zero attached hydrogens (tertiary/aromatic N) is 3. The predicted octanol–water partition coefficient (Wildman–Crippen LogP) is 6.40. The van der Waals surface area contributed by atoms with Crippen LogP contribution in [0.1, 0.15) is 65.3 Å². The molecule has 12 heteroatoms. The second-order valence-electron chi connectivity index (χ2n) is 11.5. The van der Waals surface area contributed by atoms with Gasteiger partial charge >= 0.3 is 12.4 Å². The van der Waals surface area contributed by atoms with Crippen molar-refractivity contribution in [1.82, 2.24) is 14.7 Å². The molecule has 3 aromatic carbocycles. The second kappa shape index (κ2) is 12.3. The summed E-state index contributed by atoms with van der Waals surface area (Å²) in [4.78, 5) is 43.7. The minimum absolute atomic E-state index is 0.00957. The van der Waals surface area contributed by atoms with Crippen LogP contribution in [-0.2, 0) is 18.8 Å². The molecule has 2 aliphatic rings. The number of benzene rings is 3. The number of carbonyl (C=O) groups excluding carboxylic acids is 3. The number of alkyl halides is 6. The highest BCUT2D eigenvalue weighted by atomic mass is 19.4. The van der Waals surface area contributed by atoms with E-state index in [4.69, 9.17) is 0 Å². The Kier molecular flexibility index (Phi) is 8.81. The molecular formula is C33H31F6N3O3. The smallest absolute Gasteiger partial charge is 0.333 e. The highest BCUT2D eigenvalue weighted by Gasteiger charge is 2.39. The highest BCUT2D eigenvalue weighted by Crippen LogP contribution is 2.37. The maximum Gasteiger partial charge on any atom is 0.416 e. The first-order valence-electron chi connectivity index (χ1n) is 14.5. The zero-order valence-corrected chi connectivity index (χ0v) is 24.6. The van der Waals surface area contributed by atoms with Crippen LogP contribution in [-0.4, -0.2) is 71.2 Å². The van der Waals surface area contributed by atoms with Gasteiger partial charge in [0.15, 0.2) is 0 Å². The number of carbonyl (C=O) groups is 3. The Hall–Kier alpha value is -4.19. The largest absolute Gasteiger partial charge is 0.416 e. The first kappa shape index (κ1) is 32.2. The van der Waals surface area contributed by atoms with E-state index in [1.165, 1.54) is 9.80 Å². The Morgan fingerprint density at radius 1 is 0.778 bits per heavy atom. The van der Waals surface area contributed by atoms with Crippen molar-refractivity contribution >= 4 is 17.7 Å². The fraction of sp³-hybridized carbons (Fsp3) is 0.364. The molecule has 1 atom stereocenters. The molecule has 0 radical (unpaired) electrons. The fourth-order valence-electron chi connectivity index (χ4n) is 5.91. The van der Waals surface area contributed by atoms with Gasteiger partial charge in [0.1, 0.15) is 0 Å². The molecule has 3 amide bonds. The summed E-state index contributed by atoms with van der Waals surface area (Å²) in [6.45, 7) is 5.18. The molecule has 0 spiro atoms. The molecule has 0 saturated carbocycles. The van der Waals surface area contributed by atoms with E-state index in [0.717, 1.165) is 16.7 Å². The summed E-state index contributed by atoms with van der Waals surface area (Å²) in [5.41, 5.74) is -0.135. The van der Waals surface area contributed by atoms with Gasteiger partial charge in [-0.05, 0) is 80.3 Å². The van der Waals surface area contributed by atoms with Crippen molar-refractivity contribution in [3.05, 3.63) is 105 Å². The van der Waals surface area contributed by atoms with E-state index in [0.29, 0.717) is 55.7 Å². The van der Waals surface area contributed by atoms with Crippen LogP contribution in [0.4, 0.5) is 26.3 Å². The van der Waals surface area contributed by atoms with Crippen LogP contribution in [0.5, 0.6) is 0 Å². The summed E-state index contributed by atoms with van der Waals surface area (Å²) in [5, 5.41) is 0. The van der Waals surface area contributed by atoms with Crippen LogP contribution in [0.3, 0.4) is 0 Å². The molecule has 2 heterocycles. The van der Waals surface area contributed by atoms with E-state index in [1.54, 1.807) is 24.3 Å². The molecular weight excluding hydrogens is 600 g/mol. The first-order valence-corrected chi connectivity index (χ1v) is 14.5. The van der Waals surface area contributed by atoms with Crippen LogP contribution < -0.4 is 0 Å². The van der Waals surface area contributed by atoms with Crippen LogP contribution in [0.2, 0.25) is 0 Å². The third-order valence-corrected chi connectivity index (χ3v) is 8.44. The Bertz CT molecular complexity index is 1570. The normalized spacial score (nSPS) is 17.6. The first-order chi connectivity index (χ1) is 21.1. The summed E-state index contributed by atoms with van der Waals surface area (Å²) in [6.07, 6.45) is -9.38. The van der Waals surface area contributed by atoms with Gasteiger partial charge in [-0.1, -0.05) is 30.3 Å². The SMILES string of the molecule is Cc1ccc(C[C@@H]2CN(CCCN3C(=O)c4ccccc4C3=O)CCN2C(=O)c2cc(C(F)(F)F)cc(C(F)(F)F)c2)cc1C. The van der Waals surface area contributed by atoms with Crippen molar-refractivity contribution in [1.29, 1.82) is 0 Å². The number of halogens is 6. The number of fused-ring (bicyclic) bond motifs is 1. The quantitative estimate of drug-likeness (QED) is 0.224. The van der Waals surface area contributed by atoms with Crippen LogP contribution in [0.15, 0.2) is 60.7 Å². The molecule has 6 nitrogen and oxygen atoms in total. The average molecular weight is 632 g/mol. The minimum Gasteiger partial charge on any atom is -0.333 e. The van der Waals surface area contributed by atoms with Gasteiger partial charge in [-0.15, -0.1) is 0 Å². The number of aryl methyl sites for hydroxylation is 2. The fourth-order valence-corrected chi connectivity index (χ4v) is 5.91. The summed E-state index contributed by atoms with van der Waals surface area (Å²) in [6, 6.07) is 12.7. The van der Waals surface area contributed by atoms with Crippen molar-refractivity contribution < 1.29 is 40.7 Å². The minimum atomic E-state index is -5.08. The second-order valence-corrected chi connectivity index (χ2v) is 11.5. The van der Waals surface area contributed by atoms with E-state index >= 15 is 0 Å². The molecule has 0 aliphatic carbocycles. The monoisotopic (exact) mass is 631 g/mol. The Balaban J connectivity index is 1.35. The van der Waals surface area contributed by atoms with E-state index in [2.05, 4.69) is 0 Å². The number of piperazine rings is 1. The third-order valence-electron chi connectivity index (χ3n) is 8.44. The number of hydrogen-bond donors (Lipinski definition) is 0. The highest BCUT2D eigenvalue weighted by molar-refractivity contribution is 6.21. The van der Waals surface area contributed by atoms with Crippen molar-refractivity contribution in [2.45, 2.75) is 45.1 Å². The molecule has 0 N–H and O–H groups in total. The zero-order valence-electron chi connectivity index (χ0n) is 24.6. The van der Waals surface area contributed by atoms with Gasteiger partial charge in [-0.2, -0.15) is 26.3 Å². The molecule has 3 aromatic rings. The standard InChI is InChI=1S/C33H31F6N3O3/c1-20-8-9-22(14-21(20)2)15-26-19-40(10-5-11-42-30(44)27-6-3-4-7-28(27)31(42)45)12-13-41(26)29(43)23-16-24(32(34,35)36)18-25(17-23)33(37,38)39/h3-4,6-9,14,16-18,26H,5,10-13,15,19H2,1-2H3/t26-/m1/s1. The Morgan fingerprint density at radius 3 is 1.93 bits per heavy atom. The molecule has 238 valence electrons. The summed E-state index contributed by atoms with van der Waals surface area (Å²) < 4.78 is 81.2. The van der Waals surface area contributed by atoms with E-state index < -0.39 is 41.0 Å². The lowest BCUT2D eigenvalue weighted by molar-refractivity contribution is -0.143. The van der Waals surface area contributed by atoms with Gasteiger partial charge in [0.25, 0.3) is 17.7 Å². The van der Waals surface area contributed by atoms with Gasteiger partial charge in [0, 0.05) is 37.8 Å². The number of rotatable bonds is 7. The predicted molar refractivity (Wildman–Crippen MR) is 154 cm³/mol. The summed E-state index contributed by atoms with van der Waals surface area (Å²) in [5.74, 6) is -1.64. The molecule has 1 fully saturated rings. The number of imide groups is 1. The van der Waals surface area contributed by atoms with Gasteiger partial charge in [-0.3, -0.25) is 24.2 Å². The Labute approximate surface area is 256 Å². The summed E-state index contributed by atoms with van der Waals surface area (Å²) >= 11 is 0. The molecule has 5 rings (SSSR count). The third kappa shape index (κ3) is 6.90. The molecule has 0 aromatic heterocycles. The Morgan fingerprint density at radius 2 is 1.38 bits per heavy atom. The molecule has 2 aliphatic heterocycles. The number of amides is 3. The maximum absolute atomic E-state index is 13.6. The van der Waals surface area contributed by atoms with Crippen molar-refractivity contribution in [3.63, 3.8) is 0 Å². The van der Waals surface area contributed by atoms with Crippen LogP contribution in [0, 0.1) is 13.8 Å². The van der Waals surface area contributed by atoms with Crippen molar-refractivity contribution in [3.8, 4) is 0 Å².